The average Bonchev–Trinajstić information content (AvgIpc) is 2.44. The van der Waals surface area contributed by atoms with Crippen molar-refractivity contribution in [2.45, 2.75) is 59.0 Å². The molecule has 0 saturated carbocycles. The van der Waals surface area contributed by atoms with Crippen molar-refractivity contribution >= 4 is 5.97 Å². The van der Waals surface area contributed by atoms with Gasteiger partial charge in [0.2, 0.25) is 0 Å². The first-order valence-corrected chi connectivity index (χ1v) is 8.74. The van der Waals surface area contributed by atoms with Crippen LogP contribution in [0.2, 0.25) is 0 Å². The standard InChI is InChI=1S/C20H24O2.C2H4O2/c1-13-6-8-15(17(21)10-13)20(5)12-19(3,4)16-9-7-14(2)11-18(16)22-20;1-2(3)4/h6-11,21H,12H2,1-5H3;1H3,(H,3,4). The molecule has 0 spiro atoms. The van der Waals surface area contributed by atoms with Gasteiger partial charge in [0.1, 0.15) is 17.1 Å². The highest BCUT2D eigenvalue weighted by molar-refractivity contribution is 5.63. The molecule has 3 rings (SSSR count). The summed E-state index contributed by atoms with van der Waals surface area (Å²) in [6.07, 6.45) is 0.826. The summed E-state index contributed by atoms with van der Waals surface area (Å²) >= 11 is 0. The Balaban J connectivity index is 0.000000552. The topological polar surface area (TPSA) is 66.8 Å². The number of benzene rings is 2. The Bertz CT molecular complexity index is 819. The molecule has 0 bridgehead atoms. The fraction of sp³-hybridized carbons (Fsp3) is 0.409. The number of carboxylic acid groups (broad SMARTS) is 1. The first kappa shape index (κ1) is 19.8. The van der Waals surface area contributed by atoms with Crippen molar-refractivity contribution in [3.05, 3.63) is 58.7 Å². The smallest absolute Gasteiger partial charge is 0.300 e. The Morgan fingerprint density at radius 2 is 1.50 bits per heavy atom. The van der Waals surface area contributed by atoms with E-state index < -0.39 is 11.6 Å². The first-order chi connectivity index (χ1) is 11.9. The van der Waals surface area contributed by atoms with Gasteiger partial charge in [-0.3, -0.25) is 4.79 Å². The number of hydrogen-bond donors (Lipinski definition) is 2. The van der Waals surface area contributed by atoms with Crippen LogP contribution in [0.5, 0.6) is 11.5 Å². The molecule has 26 heavy (non-hydrogen) atoms. The lowest BCUT2D eigenvalue weighted by molar-refractivity contribution is -0.134. The molecule has 140 valence electrons. The third-order valence-electron chi connectivity index (χ3n) is 4.70. The van der Waals surface area contributed by atoms with Crippen molar-refractivity contribution in [3.63, 3.8) is 0 Å². The van der Waals surface area contributed by atoms with Crippen LogP contribution >= 0.6 is 0 Å². The number of aromatic hydroxyl groups is 1. The maximum absolute atomic E-state index is 10.4. The maximum Gasteiger partial charge on any atom is 0.300 e. The van der Waals surface area contributed by atoms with Gasteiger partial charge in [-0.25, -0.2) is 0 Å². The van der Waals surface area contributed by atoms with Gasteiger partial charge >= 0.3 is 0 Å². The highest BCUT2D eigenvalue weighted by Crippen LogP contribution is 2.50. The van der Waals surface area contributed by atoms with E-state index in [0.717, 1.165) is 30.2 Å². The second-order valence-corrected chi connectivity index (χ2v) is 7.93. The van der Waals surface area contributed by atoms with Gasteiger partial charge in [0, 0.05) is 18.9 Å². The van der Waals surface area contributed by atoms with Crippen LogP contribution in [-0.2, 0) is 15.8 Å². The van der Waals surface area contributed by atoms with Crippen LogP contribution < -0.4 is 4.74 Å². The molecule has 0 amide bonds. The second-order valence-electron chi connectivity index (χ2n) is 7.93. The third-order valence-corrected chi connectivity index (χ3v) is 4.70. The minimum absolute atomic E-state index is 0.00659. The van der Waals surface area contributed by atoms with Crippen LogP contribution in [0.3, 0.4) is 0 Å². The summed E-state index contributed by atoms with van der Waals surface area (Å²) < 4.78 is 6.38. The molecule has 2 aromatic rings. The predicted octanol–water partition coefficient (Wildman–Crippen LogP) is 5.08. The number of carboxylic acids is 1. The molecular weight excluding hydrogens is 328 g/mol. The SMILES string of the molecule is CC(=O)O.Cc1ccc(C2(C)CC(C)(C)c3ccc(C)cc3O2)c(O)c1. The maximum atomic E-state index is 10.4. The van der Waals surface area contributed by atoms with Crippen molar-refractivity contribution in [1.82, 2.24) is 0 Å². The number of ether oxygens (including phenoxy) is 1. The lowest BCUT2D eigenvalue weighted by Gasteiger charge is -2.44. The summed E-state index contributed by atoms with van der Waals surface area (Å²) in [4.78, 5) is 9.00. The van der Waals surface area contributed by atoms with Crippen LogP contribution in [0.4, 0.5) is 0 Å². The van der Waals surface area contributed by atoms with Crippen LogP contribution in [-0.4, -0.2) is 16.2 Å². The minimum atomic E-state index is -0.833. The number of rotatable bonds is 1. The summed E-state index contributed by atoms with van der Waals surface area (Å²) in [5, 5.41) is 17.8. The Labute approximate surface area is 155 Å². The summed E-state index contributed by atoms with van der Waals surface area (Å²) in [6.45, 7) is 11.7. The number of fused-ring (bicyclic) bond motifs is 1. The highest BCUT2D eigenvalue weighted by Gasteiger charge is 2.44. The fourth-order valence-corrected chi connectivity index (χ4v) is 3.73. The minimum Gasteiger partial charge on any atom is -0.508 e. The molecule has 0 saturated heterocycles. The Morgan fingerprint density at radius 1 is 1.00 bits per heavy atom. The number of phenols is 1. The Kier molecular flexibility index (Phi) is 5.36. The van der Waals surface area contributed by atoms with E-state index >= 15 is 0 Å². The van der Waals surface area contributed by atoms with E-state index in [1.54, 1.807) is 0 Å². The Hall–Kier alpha value is -2.49. The van der Waals surface area contributed by atoms with Crippen LogP contribution in [0, 0.1) is 13.8 Å². The molecule has 4 nitrogen and oxygen atoms in total. The zero-order valence-corrected chi connectivity index (χ0v) is 16.4. The quantitative estimate of drug-likeness (QED) is 0.748. The summed E-state index contributed by atoms with van der Waals surface area (Å²) in [5.41, 5.74) is 3.80. The number of carbonyl (C=O) groups is 1. The second kappa shape index (κ2) is 7.02. The molecule has 1 unspecified atom stereocenters. The first-order valence-electron chi connectivity index (χ1n) is 8.74. The molecule has 0 aromatic heterocycles. The predicted molar refractivity (Wildman–Crippen MR) is 103 cm³/mol. The van der Waals surface area contributed by atoms with Crippen molar-refractivity contribution in [1.29, 1.82) is 0 Å². The van der Waals surface area contributed by atoms with Gasteiger partial charge in [0.25, 0.3) is 5.97 Å². The molecule has 0 aliphatic carbocycles. The van der Waals surface area contributed by atoms with Crippen molar-refractivity contribution in [2.24, 2.45) is 0 Å². The van der Waals surface area contributed by atoms with Crippen LogP contribution in [0.1, 0.15) is 56.4 Å². The van der Waals surface area contributed by atoms with Gasteiger partial charge in [0.05, 0.1) is 0 Å². The molecule has 4 heteroatoms. The van der Waals surface area contributed by atoms with Crippen LogP contribution in [0.25, 0.3) is 0 Å². The lowest BCUT2D eigenvalue weighted by atomic mass is 9.71. The molecule has 0 fully saturated rings. The molecule has 1 aliphatic rings. The molecule has 1 atom stereocenters. The van der Waals surface area contributed by atoms with E-state index in [0.29, 0.717) is 5.75 Å². The molecular formula is C22H28O4. The van der Waals surface area contributed by atoms with E-state index in [1.807, 2.05) is 25.1 Å². The van der Waals surface area contributed by atoms with Gasteiger partial charge in [0.15, 0.2) is 0 Å². The number of aliphatic carboxylic acids is 1. The normalized spacial score (nSPS) is 20.2. The van der Waals surface area contributed by atoms with Crippen molar-refractivity contribution in [3.8, 4) is 11.5 Å². The van der Waals surface area contributed by atoms with Gasteiger partial charge in [-0.1, -0.05) is 38.1 Å². The summed E-state index contributed by atoms with van der Waals surface area (Å²) in [5.74, 6) is 0.410. The largest absolute Gasteiger partial charge is 0.508 e. The highest BCUT2D eigenvalue weighted by atomic mass is 16.5. The zero-order valence-electron chi connectivity index (χ0n) is 16.4. The van der Waals surface area contributed by atoms with Gasteiger partial charge in [-0.2, -0.15) is 0 Å². The average molecular weight is 356 g/mol. The third kappa shape index (κ3) is 4.18. The van der Waals surface area contributed by atoms with Crippen LogP contribution in [0.15, 0.2) is 36.4 Å². The van der Waals surface area contributed by atoms with Crippen molar-refractivity contribution < 1.29 is 19.7 Å². The molecule has 2 aromatic carbocycles. The fourth-order valence-electron chi connectivity index (χ4n) is 3.73. The van der Waals surface area contributed by atoms with E-state index in [4.69, 9.17) is 14.6 Å². The summed E-state index contributed by atoms with van der Waals surface area (Å²) in [7, 11) is 0. The number of aryl methyl sites for hydroxylation is 2. The van der Waals surface area contributed by atoms with E-state index in [-0.39, 0.29) is 5.41 Å². The lowest BCUT2D eigenvalue weighted by Crippen LogP contribution is -2.41. The Morgan fingerprint density at radius 3 is 2.04 bits per heavy atom. The molecule has 1 aliphatic heterocycles. The number of phenolic OH excluding ortho intramolecular Hbond substituents is 1. The van der Waals surface area contributed by atoms with E-state index in [9.17, 15) is 5.11 Å². The van der Waals surface area contributed by atoms with Crippen molar-refractivity contribution in [2.75, 3.05) is 0 Å². The van der Waals surface area contributed by atoms with Gasteiger partial charge in [-0.05, 0) is 55.0 Å². The summed E-state index contributed by atoms with van der Waals surface area (Å²) in [6, 6.07) is 12.2. The van der Waals surface area contributed by atoms with Gasteiger partial charge in [-0.15, -0.1) is 0 Å². The molecule has 1 heterocycles. The number of hydrogen-bond acceptors (Lipinski definition) is 3. The van der Waals surface area contributed by atoms with Gasteiger partial charge < -0.3 is 14.9 Å². The molecule has 0 radical (unpaired) electrons. The molecule has 2 N–H and O–H groups in total. The van der Waals surface area contributed by atoms with E-state index in [1.165, 1.54) is 11.1 Å². The monoisotopic (exact) mass is 356 g/mol. The zero-order chi connectivity index (χ0) is 19.7. The van der Waals surface area contributed by atoms with E-state index in [2.05, 4.69) is 45.9 Å².